The van der Waals surface area contributed by atoms with E-state index in [-0.39, 0.29) is 12.5 Å². The topological polar surface area (TPSA) is 49.3 Å². The van der Waals surface area contributed by atoms with Gasteiger partial charge in [0.1, 0.15) is 0 Å². The summed E-state index contributed by atoms with van der Waals surface area (Å²) in [5.41, 5.74) is 0. The van der Waals surface area contributed by atoms with Gasteiger partial charge in [-0.15, -0.1) is 0 Å². The van der Waals surface area contributed by atoms with Gasteiger partial charge in [0.2, 0.25) is 5.91 Å². The molecule has 1 amide bonds. The average molecular weight is 171 g/mol. The molecule has 0 aromatic rings. The standard InChI is InChI=1S/C9H17NO2/c1-2-3-4-5-6-9(12)10-7-8-11/h3-4,11H,2,5-8H2,1H3,(H,10,12). The van der Waals surface area contributed by atoms with E-state index >= 15 is 0 Å². The third-order valence-electron chi connectivity index (χ3n) is 1.37. The molecule has 0 saturated heterocycles. The fourth-order valence-electron chi connectivity index (χ4n) is 0.783. The van der Waals surface area contributed by atoms with Gasteiger partial charge < -0.3 is 10.4 Å². The van der Waals surface area contributed by atoms with Gasteiger partial charge in [0.15, 0.2) is 0 Å². The van der Waals surface area contributed by atoms with E-state index in [9.17, 15) is 4.79 Å². The Morgan fingerprint density at radius 3 is 2.83 bits per heavy atom. The number of nitrogens with one attached hydrogen (secondary N) is 1. The van der Waals surface area contributed by atoms with Crippen LogP contribution >= 0.6 is 0 Å². The van der Waals surface area contributed by atoms with Crippen LogP contribution in [0.3, 0.4) is 0 Å². The lowest BCUT2D eigenvalue weighted by Crippen LogP contribution is -2.25. The molecule has 0 aliphatic carbocycles. The maximum Gasteiger partial charge on any atom is 0.220 e. The largest absolute Gasteiger partial charge is 0.395 e. The highest BCUT2D eigenvalue weighted by molar-refractivity contribution is 5.75. The number of aliphatic hydroxyl groups excluding tert-OH is 1. The predicted molar refractivity (Wildman–Crippen MR) is 48.8 cm³/mol. The first-order valence-corrected chi connectivity index (χ1v) is 4.33. The Bertz CT molecular complexity index is 143. The van der Waals surface area contributed by atoms with Crippen LogP contribution in [0.5, 0.6) is 0 Å². The summed E-state index contributed by atoms with van der Waals surface area (Å²) in [7, 11) is 0. The van der Waals surface area contributed by atoms with Crippen LogP contribution < -0.4 is 5.32 Å². The smallest absolute Gasteiger partial charge is 0.220 e. The van der Waals surface area contributed by atoms with E-state index in [0.29, 0.717) is 13.0 Å². The zero-order valence-electron chi connectivity index (χ0n) is 7.55. The van der Waals surface area contributed by atoms with Gasteiger partial charge >= 0.3 is 0 Å². The lowest BCUT2D eigenvalue weighted by molar-refractivity contribution is -0.121. The minimum absolute atomic E-state index is 0.00445. The molecule has 0 aliphatic heterocycles. The first-order valence-electron chi connectivity index (χ1n) is 4.33. The van der Waals surface area contributed by atoms with Crippen molar-refractivity contribution in [2.45, 2.75) is 26.2 Å². The Morgan fingerprint density at radius 1 is 1.50 bits per heavy atom. The molecule has 0 spiro atoms. The molecule has 3 nitrogen and oxygen atoms in total. The lowest BCUT2D eigenvalue weighted by Gasteiger charge is -1.99. The third kappa shape index (κ3) is 7.28. The summed E-state index contributed by atoms with van der Waals surface area (Å²) in [6.45, 7) is 2.43. The second-order valence-corrected chi connectivity index (χ2v) is 2.49. The summed E-state index contributed by atoms with van der Waals surface area (Å²) >= 11 is 0. The summed E-state index contributed by atoms with van der Waals surface area (Å²) in [6.07, 6.45) is 6.34. The molecule has 0 heterocycles. The molecule has 0 aromatic heterocycles. The van der Waals surface area contributed by atoms with E-state index in [4.69, 9.17) is 5.11 Å². The van der Waals surface area contributed by atoms with Crippen molar-refractivity contribution in [3.05, 3.63) is 12.2 Å². The van der Waals surface area contributed by atoms with E-state index < -0.39 is 0 Å². The molecule has 0 bridgehead atoms. The summed E-state index contributed by atoms with van der Waals surface area (Å²) in [4.78, 5) is 10.9. The quantitative estimate of drug-likeness (QED) is 0.582. The number of hydrogen-bond donors (Lipinski definition) is 2. The fourth-order valence-corrected chi connectivity index (χ4v) is 0.783. The number of allylic oxidation sites excluding steroid dienone is 2. The highest BCUT2D eigenvalue weighted by Crippen LogP contribution is 1.91. The predicted octanol–water partition coefficient (Wildman–Crippen LogP) is 0.841. The van der Waals surface area contributed by atoms with Crippen LogP contribution in [0.4, 0.5) is 0 Å². The van der Waals surface area contributed by atoms with E-state index in [2.05, 4.69) is 12.2 Å². The summed E-state index contributed by atoms with van der Waals surface area (Å²) in [5, 5.41) is 11.0. The molecule has 0 aromatic carbocycles. The molecule has 0 unspecified atom stereocenters. The van der Waals surface area contributed by atoms with Crippen molar-refractivity contribution in [1.82, 2.24) is 5.32 Å². The van der Waals surface area contributed by atoms with Crippen molar-refractivity contribution in [2.24, 2.45) is 0 Å². The molecule has 0 atom stereocenters. The van der Waals surface area contributed by atoms with Crippen molar-refractivity contribution >= 4 is 5.91 Å². The first kappa shape index (κ1) is 11.2. The monoisotopic (exact) mass is 171 g/mol. The Labute approximate surface area is 73.5 Å². The van der Waals surface area contributed by atoms with Crippen molar-refractivity contribution in [1.29, 1.82) is 0 Å². The number of amides is 1. The molecule has 0 rings (SSSR count). The zero-order valence-corrected chi connectivity index (χ0v) is 7.55. The van der Waals surface area contributed by atoms with Crippen molar-refractivity contribution < 1.29 is 9.90 Å². The van der Waals surface area contributed by atoms with E-state index in [1.54, 1.807) is 0 Å². The van der Waals surface area contributed by atoms with Gasteiger partial charge in [-0.2, -0.15) is 0 Å². The highest BCUT2D eigenvalue weighted by Gasteiger charge is 1.96. The molecule has 0 aliphatic rings. The van der Waals surface area contributed by atoms with Gasteiger partial charge in [0.25, 0.3) is 0 Å². The van der Waals surface area contributed by atoms with Crippen LogP contribution in [0.15, 0.2) is 12.2 Å². The van der Waals surface area contributed by atoms with Crippen LogP contribution in [0, 0.1) is 0 Å². The minimum atomic E-state index is 0.00445. The summed E-state index contributed by atoms with van der Waals surface area (Å²) in [6, 6.07) is 0. The van der Waals surface area contributed by atoms with Crippen LogP contribution in [0.2, 0.25) is 0 Å². The summed E-state index contributed by atoms with van der Waals surface area (Å²) < 4.78 is 0. The SMILES string of the molecule is CCC=CCCC(=O)NCCO. The molecular formula is C9H17NO2. The summed E-state index contributed by atoms with van der Waals surface area (Å²) in [5.74, 6) is 0.00445. The Morgan fingerprint density at radius 2 is 2.25 bits per heavy atom. The van der Waals surface area contributed by atoms with Crippen molar-refractivity contribution in [3.8, 4) is 0 Å². The molecule has 12 heavy (non-hydrogen) atoms. The van der Waals surface area contributed by atoms with Gasteiger partial charge in [-0.25, -0.2) is 0 Å². The molecule has 70 valence electrons. The van der Waals surface area contributed by atoms with Crippen LogP contribution in [0.25, 0.3) is 0 Å². The first-order chi connectivity index (χ1) is 5.81. The third-order valence-corrected chi connectivity index (χ3v) is 1.37. The Balaban J connectivity index is 3.25. The molecule has 2 N–H and O–H groups in total. The Kier molecular flexibility index (Phi) is 7.70. The maximum absolute atomic E-state index is 10.9. The molecule has 0 fully saturated rings. The van der Waals surface area contributed by atoms with Gasteiger partial charge in [-0.1, -0.05) is 19.1 Å². The van der Waals surface area contributed by atoms with Crippen LogP contribution in [-0.2, 0) is 4.79 Å². The van der Waals surface area contributed by atoms with Gasteiger partial charge in [-0.05, 0) is 12.8 Å². The molecule has 3 heteroatoms. The van der Waals surface area contributed by atoms with E-state index in [1.165, 1.54) is 0 Å². The molecule has 0 saturated carbocycles. The second-order valence-electron chi connectivity index (χ2n) is 2.49. The number of carbonyl (C=O) groups is 1. The van der Waals surface area contributed by atoms with Gasteiger partial charge in [0, 0.05) is 13.0 Å². The van der Waals surface area contributed by atoms with Crippen molar-refractivity contribution in [2.75, 3.05) is 13.2 Å². The minimum Gasteiger partial charge on any atom is -0.395 e. The highest BCUT2D eigenvalue weighted by atomic mass is 16.3. The number of aliphatic hydroxyl groups is 1. The van der Waals surface area contributed by atoms with Gasteiger partial charge in [0.05, 0.1) is 6.61 Å². The molecular weight excluding hydrogens is 154 g/mol. The lowest BCUT2D eigenvalue weighted by atomic mass is 10.2. The van der Waals surface area contributed by atoms with Gasteiger partial charge in [-0.3, -0.25) is 4.79 Å². The maximum atomic E-state index is 10.9. The van der Waals surface area contributed by atoms with E-state index in [0.717, 1.165) is 12.8 Å². The average Bonchev–Trinajstić information content (AvgIpc) is 2.09. The second kappa shape index (κ2) is 8.27. The molecule has 0 radical (unpaired) electrons. The number of hydrogen-bond acceptors (Lipinski definition) is 2. The number of carbonyl (C=O) groups excluding carboxylic acids is 1. The van der Waals surface area contributed by atoms with Crippen LogP contribution in [0.1, 0.15) is 26.2 Å². The Hall–Kier alpha value is -0.830. The van der Waals surface area contributed by atoms with Crippen LogP contribution in [-0.4, -0.2) is 24.2 Å². The van der Waals surface area contributed by atoms with Crippen molar-refractivity contribution in [3.63, 3.8) is 0 Å². The number of rotatable bonds is 6. The fraction of sp³-hybridized carbons (Fsp3) is 0.667. The zero-order chi connectivity index (χ0) is 9.23. The van der Waals surface area contributed by atoms with E-state index in [1.807, 2.05) is 12.2 Å². The normalized spacial score (nSPS) is 10.5.